The van der Waals surface area contributed by atoms with E-state index in [0.29, 0.717) is 17.5 Å². The average Bonchev–Trinajstić information content (AvgIpc) is 3.08. The molecular formula is C15H18N8S2. The van der Waals surface area contributed by atoms with Crippen molar-refractivity contribution in [3.8, 4) is 0 Å². The third-order valence-corrected chi connectivity index (χ3v) is 5.36. The van der Waals surface area contributed by atoms with Gasteiger partial charge in [0.1, 0.15) is 5.82 Å². The Morgan fingerprint density at radius 3 is 2.76 bits per heavy atom. The summed E-state index contributed by atoms with van der Waals surface area (Å²) in [5.74, 6) is 1.76. The topological polar surface area (TPSA) is 115 Å². The van der Waals surface area contributed by atoms with Gasteiger partial charge >= 0.3 is 0 Å². The fourth-order valence-electron chi connectivity index (χ4n) is 2.12. The lowest BCUT2D eigenvalue weighted by Crippen LogP contribution is -2.07. The number of aryl methyl sites for hydroxylation is 1. The number of benzene rings is 1. The third kappa shape index (κ3) is 4.54. The predicted octanol–water partition coefficient (Wildman–Crippen LogP) is 2.95. The quantitative estimate of drug-likeness (QED) is 0.537. The van der Waals surface area contributed by atoms with E-state index < -0.39 is 0 Å². The van der Waals surface area contributed by atoms with E-state index in [9.17, 15) is 0 Å². The molecule has 0 unspecified atom stereocenters. The molecule has 10 heteroatoms. The van der Waals surface area contributed by atoms with Gasteiger partial charge in [-0.2, -0.15) is 15.0 Å². The molecule has 130 valence electrons. The van der Waals surface area contributed by atoms with Crippen molar-refractivity contribution in [1.82, 2.24) is 25.1 Å². The summed E-state index contributed by atoms with van der Waals surface area (Å²) in [6.45, 7) is 2.10. The Labute approximate surface area is 153 Å². The third-order valence-electron chi connectivity index (χ3n) is 3.29. The molecule has 0 atom stereocenters. The van der Waals surface area contributed by atoms with Crippen LogP contribution in [0, 0.1) is 0 Å². The first kappa shape index (κ1) is 17.4. The van der Waals surface area contributed by atoms with Gasteiger partial charge in [0, 0.05) is 12.7 Å². The van der Waals surface area contributed by atoms with Crippen LogP contribution < -0.4 is 16.4 Å². The maximum atomic E-state index is 5.83. The summed E-state index contributed by atoms with van der Waals surface area (Å²) in [5, 5.41) is 15.1. The number of anilines is 4. The van der Waals surface area contributed by atoms with Gasteiger partial charge in [-0.3, -0.25) is 0 Å². The lowest BCUT2D eigenvalue weighted by Gasteiger charge is -2.10. The molecule has 0 spiro atoms. The highest BCUT2D eigenvalue weighted by molar-refractivity contribution is 8.00. The SMILES string of the molecule is CCc1ccccc1Nc1nc(N)nc(CSc2nnc(NC)s2)n1. The van der Waals surface area contributed by atoms with Gasteiger partial charge in [0.05, 0.1) is 5.75 Å². The van der Waals surface area contributed by atoms with Crippen molar-refractivity contribution < 1.29 is 0 Å². The standard InChI is InChI=1S/C15H18N8S2/c1-3-9-6-4-5-7-10(9)18-13-20-11(19-12(16)21-13)8-24-15-23-22-14(17-2)25-15/h4-7H,3,8H2,1-2H3,(H,17,22)(H3,16,18,19,20,21). The number of nitrogens with two attached hydrogens (primary N) is 1. The molecule has 0 amide bonds. The summed E-state index contributed by atoms with van der Waals surface area (Å²) in [7, 11) is 1.81. The molecule has 0 fully saturated rings. The molecule has 2 aromatic heterocycles. The van der Waals surface area contributed by atoms with Crippen molar-refractivity contribution in [3.63, 3.8) is 0 Å². The molecule has 3 aromatic rings. The summed E-state index contributed by atoms with van der Waals surface area (Å²) in [6.07, 6.45) is 0.914. The number of rotatable bonds is 7. The number of para-hydroxylation sites is 1. The van der Waals surface area contributed by atoms with E-state index in [4.69, 9.17) is 5.73 Å². The molecule has 2 heterocycles. The molecule has 0 bridgehead atoms. The Balaban J connectivity index is 1.73. The molecule has 8 nitrogen and oxygen atoms in total. The Morgan fingerprint density at radius 2 is 2.00 bits per heavy atom. The van der Waals surface area contributed by atoms with Crippen molar-refractivity contribution >= 4 is 45.8 Å². The van der Waals surface area contributed by atoms with Crippen LogP contribution in [0.25, 0.3) is 0 Å². The van der Waals surface area contributed by atoms with Crippen molar-refractivity contribution in [3.05, 3.63) is 35.7 Å². The van der Waals surface area contributed by atoms with Crippen LogP contribution in [0.4, 0.5) is 22.7 Å². The average molecular weight is 374 g/mol. The lowest BCUT2D eigenvalue weighted by atomic mass is 10.1. The lowest BCUT2D eigenvalue weighted by molar-refractivity contribution is 0.974. The summed E-state index contributed by atoms with van der Waals surface area (Å²) in [6, 6.07) is 8.04. The second-order valence-electron chi connectivity index (χ2n) is 4.98. The summed E-state index contributed by atoms with van der Waals surface area (Å²) in [5.41, 5.74) is 7.99. The van der Waals surface area contributed by atoms with Gasteiger partial charge in [-0.05, 0) is 18.1 Å². The Bertz CT molecular complexity index is 851. The minimum atomic E-state index is 0.190. The minimum absolute atomic E-state index is 0.190. The fraction of sp³-hybridized carbons (Fsp3) is 0.267. The van der Waals surface area contributed by atoms with Crippen LogP contribution in [0.3, 0.4) is 0 Å². The van der Waals surface area contributed by atoms with Gasteiger partial charge < -0.3 is 16.4 Å². The molecular weight excluding hydrogens is 356 g/mol. The zero-order chi connectivity index (χ0) is 17.6. The van der Waals surface area contributed by atoms with Crippen LogP contribution in [0.2, 0.25) is 0 Å². The predicted molar refractivity (Wildman–Crippen MR) is 102 cm³/mol. The van der Waals surface area contributed by atoms with Crippen molar-refractivity contribution in [2.45, 2.75) is 23.4 Å². The number of hydrogen-bond donors (Lipinski definition) is 3. The molecule has 4 N–H and O–H groups in total. The molecule has 0 radical (unpaired) electrons. The smallest absolute Gasteiger partial charge is 0.232 e. The van der Waals surface area contributed by atoms with E-state index in [-0.39, 0.29) is 5.95 Å². The largest absolute Gasteiger partial charge is 0.368 e. The normalized spacial score (nSPS) is 10.6. The number of nitrogens with one attached hydrogen (secondary N) is 2. The molecule has 3 rings (SSSR count). The monoisotopic (exact) mass is 374 g/mol. The van der Waals surface area contributed by atoms with E-state index in [0.717, 1.165) is 21.6 Å². The van der Waals surface area contributed by atoms with Gasteiger partial charge in [-0.1, -0.05) is 48.2 Å². The molecule has 1 aromatic carbocycles. The zero-order valence-corrected chi connectivity index (χ0v) is 15.5. The second kappa shape index (κ2) is 8.08. The number of nitrogen functional groups attached to an aromatic ring is 1. The van der Waals surface area contributed by atoms with Gasteiger partial charge in [-0.15, -0.1) is 10.2 Å². The molecule has 25 heavy (non-hydrogen) atoms. The number of nitrogens with zero attached hydrogens (tertiary/aromatic N) is 5. The second-order valence-corrected chi connectivity index (χ2v) is 7.18. The highest BCUT2D eigenvalue weighted by Gasteiger charge is 2.09. The van der Waals surface area contributed by atoms with Crippen molar-refractivity contribution in [2.75, 3.05) is 23.4 Å². The van der Waals surface area contributed by atoms with Crippen LogP contribution in [-0.2, 0) is 12.2 Å². The minimum Gasteiger partial charge on any atom is -0.368 e. The molecule has 0 aliphatic heterocycles. The van der Waals surface area contributed by atoms with Crippen LogP contribution in [0.1, 0.15) is 18.3 Å². The first-order valence-corrected chi connectivity index (χ1v) is 9.47. The van der Waals surface area contributed by atoms with E-state index in [1.54, 1.807) is 0 Å². The van der Waals surface area contributed by atoms with Gasteiger partial charge in [0.25, 0.3) is 0 Å². The van der Waals surface area contributed by atoms with Crippen LogP contribution >= 0.6 is 23.1 Å². The Morgan fingerprint density at radius 1 is 1.16 bits per heavy atom. The van der Waals surface area contributed by atoms with E-state index in [2.05, 4.69) is 48.8 Å². The van der Waals surface area contributed by atoms with E-state index >= 15 is 0 Å². The summed E-state index contributed by atoms with van der Waals surface area (Å²) >= 11 is 2.99. The van der Waals surface area contributed by atoms with Crippen LogP contribution in [0.15, 0.2) is 28.6 Å². The number of hydrogen-bond acceptors (Lipinski definition) is 10. The van der Waals surface area contributed by atoms with Gasteiger partial charge in [0.2, 0.25) is 17.0 Å². The fourth-order valence-corrected chi connectivity index (χ4v) is 3.69. The highest BCUT2D eigenvalue weighted by atomic mass is 32.2. The van der Waals surface area contributed by atoms with Gasteiger partial charge in [-0.25, -0.2) is 0 Å². The Hall–Kier alpha value is -2.46. The summed E-state index contributed by atoms with van der Waals surface area (Å²) in [4.78, 5) is 12.8. The van der Waals surface area contributed by atoms with Crippen LogP contribution in [0.5, 0.6) is 0 Å². The number of thioether (sulfide) groups is 1. The Kier molecular flexibility index (Phi) is 5.61. The first-order chi connectivity index (χ1) is 12.2. The van der Waals surface area contributed by atoms with E-state index in [1.165, 1.54) is 28.7 Å². The highest BCUT2D eigenvalue weighted by Crippen LogP contribution is 2.27. The summed E-state index contributed by atoms with van der Waals surface area (Å²) < 4.78 is 0.842. The van der Waals surface area contributed by atoms with Gasteiger partial charge in [0.15, 0.2) is 4.34 Å². The molecule has 0 saturated heterocycles. The maximum Gasteiger partial charge on any atom is 0.232 e. The van der Waals surface area contributed by atoms with Crippen molar-refractivity contribution in [1.29, 1.82) is 0 Å². The van der Waals surface area contributed by atoms with E-state index in [1.807, 2.05) is 25.2 Å². The van der Waals surface area contributed by atoms with Crippen molar-refractivity contribution in [2.24, 2.45) is 0 Å². The maximum absolute atomic E-state index is 5.83. The molecule has 0 aliphatic carbocycles. The molecule has 0 saturated carbocycles. The molecule has 0 aliphatic rings. The zero-order valence-electron chi connectivity index (χ0n) is 13.9. The number of aromatic nitrogens is 5. The van der Waals surface area contributed by atoms with Crippen LogP contribution in [-0.4, -0.2) is 32.2 Å². The first-order valence-electron chi connectivity index (χ1n) is 7.67.